The number of rotatable bonds is 8. The molecule has 0 radical (unpaired) electrons. The van der Waals surface area contributed by atoms with Crippen molar-refractivity contribution in [3.05, 3.63) is 107 Å². The molecule has 0 unspecified atom stereocenters. The number of nitro groups is 1. The number of thiazole rings is 1. The van der Waals surface area contributed by atoms with Gasteiger partial charge in [0.2, 0.25) is 0 Å². The van der Waals surface area contributed by atoms with Gasteiger partial charge in [-0.3, -0.25) is 24.3 Å². The Kier molecular flexibility index (Phi) is 8.28. The zero-order chi connectivity index (χ0) is 31.8. The van der Waals surface area contributed by atoms with Crippen LogP contribution in [0.1, 0.15) is 50.8 Å². The maximum Gasteiger partial charge on any atom is 0.293 e. The second-order valence-electron chi connectivity index (χ2n) is 11.2. The highest BCUT2D eigenvalue weighted by atomic mass is 32.1. The Labute approximate surface area is 264 Å². The minimum atomic E-state index is -0.801. The molecule has 2 aliphatic heterocycles. The number of likely N-dealkylation sites (N-methyl/N-ethyl adjacent to an activating group) is 1. The van der Waals surface area contributed by atoms with E-state index in [1.807, 2.05) is 61.2 Å². The quantitative estimate of drug-likeness (QED) is 0.206. The van der Waals surface area contributed by atoms with E-state index in [-0.39, 0.29) is 22.1 Å². The molecule has 3 heterocycles. The summed E-state index contributed by atoms with van der Waals surface area (Å²) in [5, 5.41) is 13.9. The highest BCUT2D eigenvalue weighted by Gasteiger charge is 2.36. The van der Waals surface area contributed by atoms with Gasteiger partial charge in [0.15, 0.2) is 4.80 Å². The number of nitrogens with zero attached hydrogens (tertiary/aromatic N) is 5. The molecular formula is C34H35N5O5S. The van der Waals surface area contributed by atoms with Gasteiger partial charge < -0.3 is 14.5 Å². The zero-order valence-electron chi connectivity index (χ0n) is 25.8. The summed E-state index contributed by atoms with van der Waals surface area (Å²) >= 11 is 1.20. The Balaban J connectivity index is 1.59. The molecule has 45 heavy (non-hydrogen) atoms. The van der Waals surface area contributed by atoms with Crippen LogP contribution in [-0.2, 0) is 4.79 Å². The summed E-state index contributed by atoms with van der Waals surface area (Å²) in [6.07, 6.45) is 3.68. The average molecular weight is 626 g/mol. The molecule has 0 bridgehead atoms. The third-order valence-electron chi connectivity index (χ3n) is 8.67. The zero-order valence-corrected chi connectivity index (χ0v) is 26.6. The lowest BCUT2D eigenvalue weighted by atomic mass is 9.90. The lowest BCUT2D eigenvalue weighted by molar-refractivity contribution is -0.384. The van der Waals surface area contributed by atoms with Crippen LogP contribution < -0.4 is 24.5 Å². The van der Waals surface area contributed by atoms with Gasteiger partial charge in [-0.05, 0) is 68.2 Å². The van der Waals surface area contributed by atoms with E-state index in [4.69, 9.17) is 9.73 Å². The normalized spacial score (nSPS) is 16.6. The third kappa shape index (κ3) is 5.31. The van der Waals surface area contributed by atoms with Gasteiger partial charge in [0.25, 0.3) is 17.2 Å². The predicted molar refractivity (Wildman–Crippen MR) is 177 cm³/mol. The molecule has 3 aromatic carbocycles. The highest BCUT2D eigenvalue weighted by Crippen LogP contribution is 2.40. The molecule has 1 aromatic heterocycles. The maximum atomic E-state index is 14.4. The lowest BCUT2D eigenvalue weighted by Crippen LogP contribution is -2.43. The van der Waals surface area contributed by atoms with Crippen molar-refractivity contribution in [3.63, 3.8) is 0 Å². The molecular weight excluding hydrogens is 590 g/mol. The standard InChI is InChI=1S/C34H35N5O5S/c1-5-36(6-2)33(41)29-21(3)35-34-38(31(29)30-24-12-8-7-11-23(24)14-16-27(30)44-4)32(40)28(45-34)20-22-13-15-25(26(19-22)39(42)43)37-17-9-10-18-37/h7-8,11-16,19-20,31H,5-6,9-10,17-18H2,1-4H3/b28-20-/t31-/m0/s1. The molecule has 1 amide bonds. The molecule has 0 N–H and O–H groups in total. The Morgan fingerprint density at radius 2 is 1.87 bits per heavy atom. The van der Waals surface area contributed by atoms with E-state index in [0.29, 0.717) is 56.3 Å². The summed E-state index contributed by atoms with van der Waals surface area (Å²) in [7, 11) is 1.58. The summed E-state index contributed by atoms with van der Waals surface area (Å²) in [6.45, 7) is 8.22. The van der Waals surface area contributed by atoms with E-state index in [1.165, 1.54) is 17.4 Å². The van der Waals surface area contributed by atoms with Gasteiger partial charge >= 0.3 is 0 Å². The van der Waals surface area contributed by atoms with Crippen molar-refractivity contribution in [3.8, 4) is 5.75 Å². The van der Waals surface area contributed by atoms with Crippen LogP contribution in [-0.4, -0.2) is 53.6 Å². The molecule has 1 saturated heterocycles. The topological polar surface area (TPSA) is 110 Å². The summed E-state index contributed by atoms with van der Waals surface area (Å²) < 4.78 is 7.81. The number of anilines is 1. The molecule has 1 fully saturated rings. The first-order valence-electron chi connectivity index (χ1n) is 15.2. The van der Waals surface area contributed by atoms with E-state index in [9.17, 15) is 19.7 Å². The number of benzene rings is 3. The maximum absolute atomic E-state index is 14.4. The number of hydrogen-bond donors (Lipinski definition) is 0. The smallest absolute Gasteiger partial charge is 0.293 e. The second-order valence-corrected chi connectivity index (χ2v) is 12.2. The molecule has 0 saturated carbocycles. The van der Waals surface area contributed by atoms with Gasteiger partial charge in [-0.1, -0.05) is 47.7 Å². The summed E-state index contributed by atoms with van der Waals surface area (Å²) in [4.78, 5) is 49.2. The van der Waals surface area contributed by atoms with Crippen molar-refractivity contribution in [2.45, 2.75) is 39.7 Å². The van der Waals surface area contributed by atoms with E-state index in [0.717, 1.165) is 36.7 Å². The van der Waals surface area contributed by atoms with Gasteiger partial charge in [-0.2, -0.15) is 0 Å². The SMILES string of the molecule is CCN(CC)C(=O)C1=C(C)N=c2s/c(=C\c3ccc(N4CCCC4)c([N+](=O)[O-])c3)c(=O)n2[C@@H]1c1c(OC)ccc2ccccc12. The van der Waals surface area contributed by atoms with Crippen molar-refractivity contribution in [2.24, 2.45) is 4.99 Å². The molecule has 6 rings (SSSR count). The average Bonchev–Trinajstić information content (AvgIpc) is 3.68. The van der Waals surface area contributed by atoms with Crippen LogP contribution in [0.5, 0.6) is 5.75 Å². The van der Waals surface area contributed by atoms with Crippen molar-refractivity contribution >= 4 is 45.5 Å². The van der Waals surface area contributed by atoms with E-state index < -0.39 is 6.04 Å². The number of hydrogen-bond acceptors (Lipinski definition) is 8. The molecule has 10 nitrogen and oxygen atoms in total. The van der Waals surface area contributed by atoms with Crippen LogP contribution in [0, 0.1) is 10.1 Å². The fourth-order valence-corrected chi connectivity index (χ4v) is 7.48. The number of ether oxygens (including phenoxy) is 1. The fourth-order valence-electron chi connectivity index (χ4n) is 6.44. The number of carbonyl (C=O) groups is 1. The van der Waals surface area contributed by atoms with Crippen LogP contribution in [0.25, 0.3) is 16.8 Å². The van der Waals surface area contributed by atoms with Crippen molar-refractivity contribution in [2.75, 3.05) is 38.2 Å². The van der Waals surface area contributed by atoms with Gasteiger partial charge in [-0.25, -0.2) is 4.99 Å². The molecule has 1 atom stereocenters. The highest BCUT2D eigenvalue weighted by molar-refractivity contribution is 7.07. The lowest BCUT2D eigenvalue weighted by Gasteiger charge is -2.30. The van der Waals surface area contributed by atoms with Crippen LogP contribution in [0.15, 0.2) is 75.7 Å². The molecule has 0 spiro atoms. The summed E-state index contributed by atoms with van der Waals surface area (Å²) in [6, 6.07) is 16.0. The predicted octanol–water partition coefficient (Wildman–Crippen LogP) is 4.77. The van der Waals surface area contributed by atoms with Crippen molar-refractivity contribution in [1.29, 1.82) is 0 Å². The molecule has 0 aliphatic carbocycles. The van der Waals surface area contributed by atoms with Crippen LogP contribution >= 0.6 is 11.3 Å². The van der Waals surface area contributed by atoms with Crippen molar-refractivity contribution in [1.82, 2.24) is 9.47 Å². The number of aromatic nitrogens is 1. The minimum absolute atomic E-state index is 0.0137. The Hall–Kier alpha value is -4.77. The van der Waals surface area contributed by atoms with E-state index in [2.05, 4.69) is 0 Å². The first kappa shape index (κ1) is 30.3. The Bertz CT molecular complexity index is 2040. The number of methoxy groups -OCH3 is 1. The molecule has 4 aromatic rings. The number of fused-ring (bicyclic) bond motifs is 2. The second kappa shape index (κ2) is 12.3. The number of nitro benzene ring substituents is 1. The molecule has 232 valence electrons. The summed E-state index contributed by atoms with van der Waals surface area (Å²) in [5.74, 6) is 0.365. The first-order chi connectivity index (χ1) is 21.8. The van der Waals surface area contributed by atoms with Gasteiger partial charge in [0.1, 0.15) is 17.5 Å². The largest absolute Gasteiger partial charge is 0.496 e. The van der Waals surface area contributed by atoms with E-state index in [1.54, 1.807) is 35.6 Å². The Morgan fingerprint density at radius 3 is 2.56 bits per heavy atom. The van der Waals surface area contributed by atoms with Crippen molar-refractivity contribution < 1.29 is 14.5 Å². The molecule has 11 heteroatoms. The molecule has 2 aliphatic rings. The first-order valence-corrected chi connectivity index (χ1v) is 16.0. The number of carbonyl (C=O) groups excluding carboxylic acids is 1. The third-order valence-corrected chi connectivity index (χ3v) is 9.65. The minimum Gasteiger partial charge on any atom is -0.496 e. The Morgan fingerprint density at radius 1 is 1.13 bits per heavy atom. The monoisotopic (exact) mass is 625 g/mol. The van der Waals surface area contributed by atoms with Gasteiger partial charge in [-0.15, -0.1) is 0 Å². The van der Waals surface area contributed by atoms with E-state index >= 15 is 0 Å². The fraction of sp³-hybridized carbons (Fsp3) is 0.324. The van der Waals surface area contributed by atoms with Crippen LogP contribution in [0.2, 0.25) is 0 Å². The number of allylic oxidation sites excluding steroid dienone is 1. The summed E-state index contributed by atoms with van der Waals surface area (Å²) in [5.41, 5.74) is 2.47. The van der Waals surface area contributed by atoms with Gasteiger partial charge in [0.05, 0.1) is 27.8 Å². The number of amides is 1. The van der Waals surface area contributed by atoms with Crippen LogP contribution in [0.3, 0.4) is 0 Å². The van der Waals surface area contributed by atoms with Crippen LogP contribution in [0.4, 0.5) is 11.4 Å². The van der Waals surface area contributed by atoms with Gasteiger partial charge in [0, 0.05) is 37.8 Å².